The van der Waals surface area contributed by atoms with Crippen molar-refractivity contribution in [1.82, 2.24) is 15.3 Å². The van der Waals surface area contributed by atoms with E-state index in [1.807, 2.05) is 0 Å². The smallest absolute Gasteiger partial charge is 0.254 e. The van der Waals surface area contributed by atoms with Crippen LogP contribution in [0.2, 0.25) is 5.02 Å². The molecule has 2 heterocycles. The number of halogens is 3. The molecule has 178 valence electrons. The first-order valence-electron chi connectivity index (χ1n) is 10.8. The summed E-state index contributed by atoms with van der Waals surface area (Å²) in [5.41, 5.74) is 13.5. The molecular formula is C24H24ClF2N5O2. The van der Waals surface area contributed by atoms with Crippen LogP contribution in [0.3, 0.4) is 0 Å². The number of anilines is 1. The van der Waals surface area contributed by atoms with Crippen LogP contribution in [0, 0.1) is 11.6 Å². The van der Waals surface area contributed by atoms with Crippen molar-refractivity contribution >= 4 is 23.3 Å². The number of nitrogens with two attached hydrogens (primary N) is 2. The number of hydrogen-bond donors (Lipinski definition) is 3. The molecule has 1 amide bonds. The molecule has 1 aromatic heterocycles. The van der Waals surface area contributed by atoms with E-state index in [0.717, 1.165) is 24.6 Å². The molecule has 1 aliphatic rings. The Morgan fingerprint density at radius 3 is 2.65 bits per heavy atom. The van der Waals surface area contributed by atoms with Gasteiger partial charge in [-0.1, -0.05) is 17.7 Å². The summed E-state index contributed by atoms with van der Waals surface area (Å²) in [4.78, 5) is 21.6. The third-order valence-corrected chi connectivity index (χ3v) is 5.99. The predicted molar refractivity (Wildman–Crippen MR) is 125 cm³/mol. The number of nitrogen functional groups attached to an aromatic ring is 1. The number of ether oxygens (including phenoxy) is 1. The number of carbonyl (C=O) groups is 1. The molecule has 3 aromatic rings. The minimum Gasteiger partial charge on any atom is -0.382 e. The molecule has 34 heavy (non-hydrogen) atoms. The van der Waals surface area contributed by atoms with Gasteiger partial charge in [0.2, 0.25) is 0 Å². The molecule has 0 bridgehead atoms. The molecule has 0 saturated carbocycles. The molecule has 2 aromatic carbocycles. The third-order valence-electron chi connectivity index (χ3n) is 5.77. The van der Waals surface area contributed by atoms with Crippen LogP contribution in [-0.2, 0) is 4.74 Å². The molecule has 10 heteroatoms. The van der Waals surface area contributed by atoms with Gasteiger partial charge in [0, 0.05) is 36.3 Å². The number of aromatic nitrogens is 2. The van der Waals surface area contributed by atoms with Crippen LogP contribution < -0.4 is 16.8 Å². The Bertz CT molecular complexity index is 1180. The Labute approximate surface area is 200 Å². The average Bonchev–Trinajstić information content (AvgIpc) is 2.82. The fourth-order valence-electron chi connectivity index (χ4n) is 3.95. The topological polar surface area (TPSA) is 116 Å². The Balaban J connectivity index is 1.56. The quantitative estimate of drug-likeness (QED) is 0.484. The highest BCUT2D eigenvalue weighted by Crippen LogP contribution is 2.30. The lowest BCUT2D eigenvalue weighted by molar-refractivity contribution is 0.0844. The second kappa shape index (κ2) is 10.4. The van der Waals surface area contributed by atoms with E-state index >= 15 is 0 Å². The summed E-state index contributed by atoms with van der Waals surface area (Å²) >= 11 is 5.90. The largest absolute Gasteiger partial charge is 0.382 e. The molecule has 1 atom stereocenters. The van der Waals surface area contributed by atoms with E-state index in [4.69, 9.17) is 27.8 Å². The molecule has 5 N–H and O–H groups in total. The zero-order chi connectivity index (χ0) is 24.2. The minimum absolute atomic E-state index is 0.0314. The lowest BCUT2D eigenvalue weighted by Crippen LogP contribution is -2.34. The van der Waals surface area contributed by atoms with Crippen LogP contribution in [-0.4, -0.2) is 35.6 Å². The highest BCUT2D eigenvalue weighted by Gasteiger charge is 2.22. The number of nitrogens with zero attached hydrogens (tertiary/aromatic N) is 2. The van der Waals surface area contributed by atoms with Crippen LogP contribution in [0.1, 0.15) is 46.4 Å². The summed E-state index contributed by atoms with van der Waals surface area (Å²) in [7, 11) is 0. The SMILES string of the molecule is NCC(NC(=O)c1ccc(-c2nc(C3CCOCC3)cnc2N)cc1F)c1cc(F)cc(Cl)c1. The summed E-state index contributed by atoms with van der Waals surface area (Å²) in [6.45, 7) is 1.27. The Kier molecular flexibility index (Phi) is 7.35. The number of benzene rings is 2. The maximum atomic E-state index is 15.0. The molecule has 1 aliphatic heterocycles. The average molecular weight is 488 g/mol. The number of carbonyl (C=O) groups excluding carboxylic acids is 1. The Hall–Kier alpha value is -3.14. The van der Waals surface area contributed by atoms with Crippen LogP contribution in [0.25, 0.3) is 11.3 Å². The van der Waals surface area contributed by atoms with Crippen molar-refractivity contribution in [2.75, 3.05) is 25.5 Å². The van der Waals surface area contributed by atoms with Gasteiger partial charge in [0.25, 0.3) is 5.91 Å². The summed E-state index contributed by atoms with van der Waals surface area (Å²) in [6, 6.07) is 7.20. The molecule has 4 rings (SSSR count). The predicted octanol–water partition coefficient (Wildman–Crippen LogP) is 3.98. The second-order valence-electron chi connectivity index (χ2n) is 8.07. The fraction of sp³-hybridized carbons (Fsp3) is 0.292. The van der Waals surface area contributed by atoms with E-state index in [9.17, 15) is 13.6 Å². The number of hydrogen-bond acceptors (Lipinski definition) is 6. The van der Waals surface area contributed by atoms with E-state index in [0.29, 0.717) is 30.0 Å². The molecule has 0 spiro atoms. The van der Waals surface area contributed by atoms with Gasteiger partial charge in [-0.05, 0) is 48.7 Å². The number of nitrogens with one attached hydrogen (secondary N) is 1. The van der Waals surface area contributed by atoms with Crippen molar-refractivity contribution in [3.63, 3.8) is 0 Å². The molecule has 1 unspecified atom stereocenters. The van der Waals surface area contributed by atoms with Gasteiger partial charge in [-0.3, -0.25) is 4.79 Å². The van der Waals surface area contributed by atoms with E-state index < -0.39 is 23.6 Å². The van der Waals surface area contributed by atoms with Crippen molar-refractivity contribution in [2.24, 2.45) is 5.73 Å². The summed E-state index contributed by atoms with van der Waals surface area (Å²) in [6.07, 6.45) is 3.29. The van der Waals surface area contributed by atoms with E-state index in [1.165, 1.54) is 24.3 Å². The standard InChI is InChI=1S/C24H24ClF2N5O2/c25-16-7-15(8-17(26)10-16)20(11-28)32-24(33)18-2-1-14(9-19(18)27)22-23(29)30-12-21(31-22)13-3-5-34-6-4-13/h1-2,7-10,12-13,20H,3-6,11,28H2,(H2,29,30)(H,32,33). The molecular weight excluding hydrogens is 464 g/mol. The van der Waals surface area contributed by atoms with Gasteiger partial charge in [-0.15, -0.1) is 0 Å². The first-order valence-corrected chi connectivity index (χ1v) is 11.2. The normalized spacial score (nSPS) is 15.2. The van der Waals surface area contributed by atoms with Gasteiger partial charge in [-0.2, -0.15) is 0 Å². The summed E-state index contributed by atoms with van der Waals surface area (Å²) in [5.74, 6) is -1.67. The zero-order valence-electron chi connectivity index (χ0n) is 18.2. The van der Waals surface area contributed by atoms with E-state index in [2.05, 4.69) is 15.3 Å². The molecule has 7 nitrogen and oxygen atoms in total. The number of rotatable bonds is 6. The van der Waals surface area contributed by atoms with Crippen molar-refractivity contribution < 1.29 is 18.3 Å². The van der Waals surface area contributed by atoms with Crippen LogP contribution >= 0.6 is 11.6 Å². The second-order valence-corrected chi connectivity index (χ2v) is 8.51. The number of amides is 1. The van der Waals surface area contributed by atoms with Crippen LogP contribution in [0.15, 0.2) is 42.6 Å². The maximum absolute atomic E-state index is 15.0. The molecule has 1 saturated heterocycles. The summed E-state index contributed by atoms with van der Waals surface area (Å²) < 4.78 is 34.1. The van der Waals surface area contributed by atoms with Gasteiger partial charge in [0.15, 0.2) is 0 Å². The molecule has 0 radical (unpaired) electrons. The van der Waals surface area contributed by atoms with Gasteiger partial charge in [0.1, 0.15) is 23.1 Å². The van der Waals surface area contributed by atoms with Gasteiger partial charge in [0.05, 0.1) is 23.5 Å². The van der Waals surface area contributed by atoms with E-state index in [-0.39, 0.29) is 28.9 Å². The van der Waals surface area contributed by atoms with E-state index in [1.54, 1.807) is 12.3 Å². The minimum atomic E-state index is -0.763. The monoisotopic (exact) mass is 487 g/mol. The van der Waals surface area contributed by atoms with Gasteiger partial charge >= 0.3 is 0 Å². The fourth-order valence-corrected chi connectivity index (χ4v) is 4.18. The highest BCUT2D eigenvalue weighted by molar-refractivity contribution is 6.30. The Morgan fingerprint density at radius 2 is 1.97 bits per heavy atom. The maximum Gasteiger partial charge on any atom is 0.254 e. The molecule has 0 aliphatic carbocycles. The van der Waals surface area contributed by atoms with Crippen molar-refractivity contribution in [3.8, 4) is 11.3 Å². The van der Waals surface area contributed by atoms with Gasteiger partial charge < -0.3 is 21.5 Å². The van der Waals surface area contributed by atoms with Crippen molar-refractivity contribution in [1.29, 1.82) is 0 Å². The third kappa shape index (κ3) is 5.32. The first-order chi connectivity index (χ1) is 16.4. The zero-order valence-corrected chi connectivity index (χ0v) is 19.0. The highest BCUT2D eigenvalue weighted by atomic mass is 35.5. The van der Waals surface area contributed by atoms with Gasteiger partial charge in [-0.25, -0.2) is 18.7 Å². The lowest BCUT2D eigenvalue weighted by Gasteiger charge is -2.22. The molecule has 1 fully saturated rings. The van der Waals surface area contributed by atoms with Crippen LogP contribution in [0.4, 0.5) is 14.6 Å². The van der Waals surface area contributed by atoms with Crippen molar-refractivity contribution in [3.05, 3.63) is 76.1 Å². The van der Waals surface area contributed by atoms with Crippen LogP contribution in [0.5, 0.6) is 0 Å². The lowest BCUT2D eigenvalue weighted by atomic mass is 9.96. The first kappa shape index (κ1) is 24.0. The summed E-state index contributed by atoms with van der Waals surface area (Å²) in [5, 5.41) is 2.79. The van der Waals surface area contributed by atoms with Crippen molar-refractivity contribution in [2.45, 2.75) is 24.8 Å². The Morgan fingerprint density at radius 1 is 1.21 bits per heavy atom.